The molecule has 3 aromatic rings. The number of hydrogen-bond donors (Lipinski definition) is 1. The van der Waals surface area contributed by atoms with Crippen LogP contribution in [0.3, 0.4) is 0 Å². The summed E-state index contributed by atoms with van der Waals surface area (Å²) in [5, 5.41) is 2.80. The lowest BCUT2D eigenvalue weighted by Crippen LogP contribution is -2.29. The van der Waals surface area contributed by atoms with Crippen molar-refractivity contribution in [1.29, 1.82) is 0 Å². The van der Waals surface area contributed by atoms with E-state index in [1.807, 2.05) is 0 Å². The molecular formula is C11H7N3O2S. The van der Waals surface area contributed by atoms with Crippen LogP contribution in [0.4, 0.5) is 0 Å². The smallest absolute Gasteiger partial charge is 0.273 e. The summed E-state index contributed by atoms with van der Waals surface area (Å²) in [4.78, 5) is 29.8. The fraction of sp³-hybridized carbons (Fsp3) is 0. The number of fused-ring (bicyclic) bond motifs is 1. The lowest BCUT2D eigenvalue weighted by molar-refractivity contribution is 0.932. The van der Waals surface area contributed by atoms with Crippen LogP contribution in [-0.4, -0.2) is 14.5 Å². The van der Waals surface area contributed by atoms with E-state index in [0.29, 0.717) is 16.0 Å². The SMILES string of the molecule is O=c1[nH]c(=O)n(-c2nccs2)c2ccccc12. The van der Waals surface area contributed by atoms with E-state index in [9.17, 15) is 9.59 Å². The van der Waals surface area contributed by atoms with Crippen molar-refractivity contribution in [2.75, 3.05) is 0 Å². The second-order valence-electron chi connectivity index (χ2n) is 3.43. The predicted molar refractivity (Wildman–Crippen MR) is 65.8 cm³/mol. The molecule has 0 saturated carbocycles. The first-order valence-electron chi connectivity index (χ1n) is 4.91. The Kier molecular flexibility index (Phi) is 2.15. The van der Waals surface area contributed by atoms with Crippen LogP contribution in [-0.2, 0) is 0 Å². The number of aromatic amines is 1. The van der Waals surface area contributed by atoms with E-state index in [4.69, 9.17) is 0 Å². The number of thiazole rings is 1. The molecule has 0 amide bonds. The van der Waals surface area contributed by atoms with Crippen molar-refractivity contribution < 1.29 is 0 Å². The summed E-state index contributed by atoms with van der Waals surface area (Å²) in [5.74, 6) is 0. The average Bonchev–Trinajstić information content (AvgIpc) is 2.83. The molecule has 0 spiro atoms. The van der Waals surface area contributed by atoms with Gasteiger partial charge in [-0.15, -0.1) is 11.3 Å². The van der Waals surface area contributed by atoms with Gasteiger partial charge in [0, 0.05) is 11.6 Å². The highest BCUT2D eigenvalue weighted by molar-refractivity contribution is 7.12. The van der Waals surface area contributed by atoms with E-state index in [1.54, 1.807) is 35.8 Å². The summed E-state index contributed by atoms with van der Waals surface area (Å²) in [6.45, 7) is 0. The fourth-order valence-corrected chi connectivity index (χ4v) is 2.36. The van der Waals surface area contributed by atoms with Crippen LogP contribution in [0.1, 0.15) is 0 Å². The quantitative estimate of drug-likeness (QED) is 0.699. The zero-order valence-corrected chi connectivity index (χ0v) is 9.40. The second-order valence-corrected chi connectivity index (χ2v) is 4.30. The van der Waals surface area contributed by atoms with E-state index in [1.165, 1.54) is 15.9 Å². The Hall–Kier alpha value is -2.21. The molecule has 5 nitrogen and oxygen atoms in total. The summed E-state index contributed by atoms with van der Waals surface area (Å²) >= 11 is 1.34. The normalized spacial score (nSPS) is 10.8. The van der Waals surface area contributed by atoms with Gasteiger partial charge in [0.1, 0.15) is 0 Å². The number of nitrogens with zero attached hydrogens (tertiary/aromatic N) is 2. The van der Waals surface area contributed by atoms with Gasteiger partial charge in [-0.05, 0) is 12.1 Å². The van der Waals surface area contributed by atoms with Gasteiger partial charge in [-0.2, -0.15) is 0 Å². The molecule has 3 rings (SSSR count). The molecule has 84 valence electrons. The summed E-state index contributed by atoms with van der Waals surface area (Å²) < 4.78 is 1.40. The first-order valence-corrected chi connectivity index (χ1v) is 5.79. The molecule has 0 aliphatic heterocycles. The molecule has 0 saturated heterocycles. The Labute approximate surface area is 99.0 Å². The van der Waals surface area contributed by atoms with Crippen molar-refractivity contribution in [3.63, 3.8) is 0 Å². The molecule has 0 atom stereocenters. The van der Waals surface area contributed by atoms with Gasteiger partial charge in [-0.3, -0.25) is 9.78 Å². The van der Waals surface area contributed by atoms with Crippen molar-refractivity contribution in [3.8, 4) is 5.13 Å². The molecule has 6 heteroatoms. The Morgan fingerprint density at radius 3 is 2.82 bits per heavy atom. The molecular weight excluding hydrogens is 238 g/mol. The monoisotopic (exact) mass is 245 g/mol. The maximum Gasteiger partial charge on any atom is 0.335 e. The molecule has 2 heterocycles. The van der Waals surface area contributed by atoms with Gasteiger partial charge in [-0.1, -0.05) is 12.1 Å². The molecule has 0 aliphatic carbocycles. The van der Waals surface area contributed by atoms with Crippen LogP contribution in [0, 0.1) is 0 Å². The van der Waals surface area contributed by atoms with Gasteiger partial charge >= 0.3 is 5.69 Å². The van der Waals surface area contributed by atoms with Gasteiger partial charge in [-0.25, -0.2) is 14.3 Å². The lowest BCUT2D eigenvalue weighted by atomic mass is 10.2. The van der Waals surface area contributed by atoms with Gasteiger partial charge in [0.25, 0.3) is 5.56 Å². The van der Waals surface area contributed by atoms with Gasteiger partial charge in [0.15, 0.2) is 5.13 Å². The van der Waals surface area contributed by atoms with Crippen LogP contribution in [0.25, 0.3) is 16.0 Å². The molecule has 0 aliphatic rings. The topological polar surface area (TPSA) is 67.8 Å². The Bertz CT molecular complexity index is 786. The third-order valence-corrected chi connectivity index (χ3v) is 3.18. The number of rotatable bonds is 1. The molecule has 1 aromatic carbocycles. The number of para-hydroxylation sites is 1. The summed E-state index contributed by atoms with van der Waals surface area (Å²) in [5.41, 5.74) is -0.279. The molecule has 2 aromatic heterocycles. The predicted octanol–water partition coefficient (Wildman–Crippen LogP) is 1.14. The van der Waals surface area contributed by atoms with Crippen molar-refractivity contribution in [3.05, 3.63) is 56.7 Å². The number of nitrogens with one attached hydrogen (secondary N) is 1. The van der Waals surface area contributed by atoms with Crippen molar-refractivity contribution in [2.24, 2.45) is 0 Å². The minimum Gasteiger partial charge on any atom is -0.273 e. The van der Waals surface area contributed by atoms with Crippen molar-refractivity contribution >= 4 is 22.2 Å². The number of benzene rings is 1. The third-order valence-electron chi connectivity index (χ3n) is 2.42. The highest BCUT2D eigenvalue weighted by atomic mass is 32.1. The standard InChI is InChI=1S/C11H7N3O2S/c15-9-7-3-1-2-4-8(7)14(10(16)13-9)11-12-5-6-17-11/h1-6H,(H,13,15,16). The average molecular weight is 245 g/mol. The zero-order valence-electron chi connectivity index (χ0n) is 8.58. The van der Waals surface area contributed by atoms with Gasteiger partial charge in [0.2, 0.25) is 0 Å². The summed E-state index contributed by atoms with van der Waals surface area (Å²) in [7, 11) is 0. The minimum absolute atomic E-state index is 0.376. The highest BCUT2D eigenvalue weighted by Gasteiger charge is 2.09. The highest BCUT2D eigenvalue weighted by Crippen LogP contribution is 2.14. The summed E-state index contributed by atoms with van der Waals surface area (Å²) in [6.07, 6.45) is 1.62. The number of aromatic nitrogens is 3. The minimum atomic E-state index is -0.469. The molecule has 0 unspecified atom stereocenters. The van der Waals surface area contributed by atoms with E-state index in [2.05, 4.69) is 9.97 Å². The molecule has 0 fully saturated rings. The maximum absolute atomic E-state index is 11.8. The van der Waals surface area contributed by atoms with Crippen LogP contribution in [0.15, 0.2) is 45.4 Å². The van der Waals surface area contributed by atoms with Crippen LogP contribution in [0.5, 0.6) is 0 Å². The molecule has 1 N–H and O–H groups in total. The number of H-pyrrole nitrogens is 1. The number of hydrogen-bond acceptors (Lipinski definition) is 4. The Morgan fingerprint density at radius 2 is 2.06 bits per heavy atom. The maximum atomic E-state index is 11.8. The second kappa shape index (κ2) is 3.67. The largest absolute Gasteiger partial charge is 0.335 e. The van der Waals surface area contributed by atoms with Gasteiger partial charge in [0.05, 0.1) is 10.9 Å². The van der Waals surface area contributed by atoms with E-state index in [0.717, 1.165) is 0 Å². The summed E-state index contributed by atoms with van der Waals surface area (Å²) in [6, 6.07) is 6.95. The zero-order chi connectivity index (χ0) is 11.8. The van der Waals surface area contributed by atoms with E-state index in [-0.39, 0.29) is 5.56 Å². The molecule has 0 radical (unpaired) electrons. The van der Waals surface area contributed by atoms with Crippen LogP contribution < -0.4 is 11.2 Å². The molecule has 0 bridgehead atoms. The van der Waals surface area contributed by atoms with E-state index >= 15 is 0 Å². The Balaban J connectivity index is 2.54. The molecule has 17 heavy (non-hydrogen) atoms. The van der Waals surface area contributed by atoms with Crippen molar-refractivity contribution in [1.82, 2.24) is 14.5 Å². The van der Waals surface area contributed by atoms with Crippen LogP contribution in [0.2, 0.25) is 0 Å². The van der Waals surface area contributed by atoms with Crippen LogP contribution >= 0.6 is 11.3 Å². The lowest BCUT2D eigenvalue weighted by Gasteiger charge is -2.04. The first-order chi connectivity index (χ1) is 8.27. The third kappa shape index (κ3) is 1.50. The Morgan fingerprint density at radius 1 is 1.24 bits per heavy atom. The van der Waals surface area contributed by atoms with Gasteiger partial charge < -0.3 is 0 Å². The fourth-order valence-electron chi connectivity index (χ4n) is 1.71. The van der Waals surface area contributed by atoms with Crippen molar-refractivity contribution in [2.45, 2.75) is 0 Å². The van der Waals surface area contributed by atoms with E-state index < -0.39 is 5.69 Å². The first kappa shape index (κ1) is 9.98.